The van der Waals surface area contributed by atoms with Crippen LogP contribution in [0.3, 0.4) is 0 Å². The van der Waals surface area contributed by atoms with Crippen LogP contribution in [0.2, 0.25) is 0 Å². The normalized spacial score (nSPS) is 12.6. The van der Waals surface area contributed by atoms with Gasteiger partial charge in [-0.2, -0.15) is 0 Å². The highest BCUT2D eigenvalue weighted by molar-refractivity contribution is 5.86. The minimum absolute atomic E-state index is 0.0233. The molecule has 10 heteroatoms. The summed E-state index contributed by atoms with van der Waals surface area (Å²) in [5.74, 6) is -2.02. The largest absolute Gasteiger partial charge is 0.548 e. The number of fused-ring (bicyclic) bond motifs is 1. The second-order valence-corrected chi connectivity index (χ2v) is 7.58. The Labute approximate surface area is 190 Å². The van der Waals surface area contributed by atoms with Crippen LogP contribution in [-0.4, -0.2) is 40.0 Å². The molecule has 0 fully saturated rings. The summed E-state index contributed by atoms with van der Waals surface area (Å²) in [4.78, 5) is 45.0. The van der Waals surface area contributed by atoms with Crippen molar-refractivity contribution in [3.63, 3.8) is 0 Å². The molecule has 1 amide bonds. The van der Waals surface area contributed by atoms with Crippen LogP contribution in [0.25, 0.3) is 10.9 Å². The third-order valence-corrected chi connectivity index (χ3v) is 5.20. The lowest BCUT2D eigenvalue weighted by Crippen LogP contribution is -2.78. The summed E-state index contributed by atoms with van der Waals surface area (Å²) in [5, 5.41) is 14.5. The molecule has 6 N–H and O–H groups in total. The number of nitrogens with two attached hydrogens (primary N) is 2. The van der Waals surface area contributed by atoms with Crippen LogP contribution in [0.15, 0.2) is 65.7 Å². The van der Waals surface area contributed by atoms with E-state index in [4.69, 9.17) is 11.5 Å². The van der Waals surface area contributed by atoms with Crippen molar-refractivity contribution in [3.8, 4) is 0 Å². The molecule has 3 aromatic rings. The lowest BCUT2D eigenvalue weighted by Gasteiger charge is -2.24. The van der Waals surface area contributed by atoms with E-state index in [1.807, 2.05) is 30.3 Å². The summed E-state index contributed by atoms with van der Waals surface area (Å²) in [7, 11) is 0. The number of benzene rings is 2. The Morgan fingerprint density at radius 1 is 1.09 bits per heavy atom. The fourth-order valence-electron chi connectivity index (χ4n) is 3.52. The summed E-state index contributed by atoms with van der Waals surface area (Å²) in [5.41, 5.74) is 11.6. The van der Waals surface area contributed by atoms with E-state index in [-0.39, 0.29) is 24.4 Å². The van der Waals surface area contributed by atoms with E-state index in [0.717, 1.165) is 5.56 Å². The van der Waals surface area contributed by atoms with Crippen LogP contribution < -0.4 is 32.4 Å². The number of carboxylic acid groups (broad SMARTS) is 1. The second-order valence-electron chi connectivity index (χ2n) is 7.58. The van der Waals surface area contributed by atoms with Gasteiger partial charge in [0, 0.05) is 6.42 Å². The molecule has 0 aliphatic rings. The van der Waals surface area contributed by atoms with Gasteiger partial charge in [0.05, 0.1) is 35.8 Å². The molecular formula is C23H26N6O4. The highest BCUT2D eigenvalue weighted by Crippen LogP contribution is 2.16. The molecule has 33 heavy (non-hydrogen) atoms. The smallest absolute Gasteiger partial charge is 0.338 e. The first-order valence-corrected chi connectivity index (χ1v) is 10.5. The molecule has 0 spiro atoms. The van der Waals surface area contributed by atoms with Gasteiger partial charge in [-0.15, -0.1) is 0 Å². The number of hydrogen-bond donors (Lipinski definition) is 4. The quantitative estimate of drug-likeness (QED) is 0.151. The number of aliphatic carboxylic acids is 1. The lowest BCUT2D eigenvalue weighted by atomic mass is 10.0. The molecule has 3 rings (SSSR count). The molecule has 0 aliphatic heterocycles. The van der Waals surface area contributed by atoms with Gasteiger partial charge in [0.2, 0.25) is 5.91 Å². The van der Waals surface area contributed by atoms with E-state index in [1.165, 1.54) is 10.9 Å². The van der Waals surface area contributed by atoms with Crippen molar-refractivity contribution in [1.29, 1.82) is 0 Å². The molecule has 1 aromatic heterocycles. The van der Waals surface area contributed by atoms with Crippen LogP contribution in [0, 0.1) is 0 Å². The number of aromatic nitrogens is 2. The number of nitrogens with zero attached hydrogens (tertiary/aromatic N) is 2. The molecule has 0 radical (unpaired) electrons. The van der Waals surface area contributed by atoms with Crippen molar-refractivity contribution < 1.29 is 19.7 Å². The highest BCUT2D eigenvalue weighted by atomic mass is 16.4. The van der Waals surface area contributed by atoms with Crippen molar-refractivity contribution in [2.24, 2.45) is 11.5 Å². The summed E-state index contributed by atoms with van der Waals surface area (Å²) >= 11 is 0. The third kappa shape index (κ3) is 6.16. The number of guanidine groups is 1. The number of nitrogens with one attached hydrogen (secondary N) is 2. The minimum Gasteiger partial charge on any atom is -0.548 e. The van der Waals surface area contributed by atoms with E-state index in [9.17, 15) is 19.5 Å². The second kappa shape index (κ2) is 10.9. The molecule has 0 saturated heterocycles. The van der Waals surface area contributed by atoms with Gasteiger partial charge in [-0.05, 0) is 30.5 Å². The molecule has 1 heterocycles. The van der Waals surface area contributed by atoms with Gasteiger partial charge < -0.3 is 15.2 Å². The molecule has 0 unspecified atom stereocenters. The summed E-state index contributed by atoms with van der Waals surface area (Å²) in [6.45, 7) is 0.337. The van der Waals surface area contributed by atoms with Crippen LogP contribution >= 0.6 is 0 Å². The summed E-state index contributed by atoms with van der Waals surface area (Å²) in [6, 6.07) is 13.7. The number of carbonyl (C=O) groups is 2. The van der Waals surface area contributed by atoms with Crippen LogP contribution in [0.5, 0.6) is 0 Å². The molecular weight excluding hydrogens is 424 g/mol. The van der Waals surface area contributed by atoms with E-state index < -0.39 is 24.0 Å². The van der Waals surface area contributed by atoms with Crippen molar-refractivity contribution in [1.82, 2.24) is 14.9 Å². The molecule has 2 atom stereocenters. The fourth-order valence-corrected chi connectivity index (χ4v) is 3.52. The highest BCUT2D eigenvalue weighted by Gasteiger charge is 2.25. The predicted octanol–water partition coefficient (Wildman–Crippen LogP) is -2.45. The van der Waals surface area contributed by atoms with Crippen molar-refractivity contribution in [2.45, 2.75) is 31.3 Å². The van der Waals surface area contributed by atoms with Gasteiger partial charge in [-0.25, -0.2) is 4.98 Å². The lowest BCUT2D eigenvalue weighted by molar-refractivity contribution is -0.459. The summed E-state index contributed by atoms with van der Waals surface area (Å²) in [6.07, 6.45) is 1.96. The Bertz CT molecular complexity index is 1200. The Balaban J connectivity index is 1.90. The van der Waals surface area contributed by atoms with Crippen LogP contribution in [-0.2, 0) is 16.0 Å². The van der Waals surface area contributed by atoms with Crippen molar-refractivity contribution >= 4 is 28.7 Å². The van der Waals surface area contributed by atoms with Crippen molar-refractivity contribution in [2.75, 3.05) is 6.54 Å². The Morgan fingerprint density at radius 3 is 2.48 bits per heavy atom. The zero-order valence-electron chi connectivity index (χ0n) is 17.9. The average molecular weight is 450 g/mol. The average Bonchev–Trinajstić information content (AvgIpc) is 2.80. The third-order valence-electron chi connectivity index (χ3n) is 5.20. The Hall–Kier alpha value is -4.21. The molecule has 172 valence electrons. The standard InChI is InChI=1S/C23H26N6O4/c24-23(25)26-12-6-11-18(22(32)33)28-20(30)19(13-15-7-2-1-3-8-15)29-14-27-17-10-5-4-9-16(17)21(29)31/h1-5,7-10,14,18-19H,6,11-13H2,(H,28,30)(H,32,33)(H4,24,25,26)/t18-,19-/m0/s1. The van der Waals surface area contributed by atoms with Gasteiger partial charge in [0.15, 0.2) is 0 Å². The number of para-hydroxylation sites is 1. The first-order valence-electron chi connectivity index (χ1n) is 10.5. The van der Waals surface area contributed by atoms with E-state index in [2.05, 4.69) is 15.3 Å². The van der Waals surface area contributed by atoms with E-state index in [0.29, 0.717) is 23.9 Å². The van der Waals surface area contributed by atoms with Crippen LogP contribution in [0.4, 0.5) is 0 Å². The van der Waals surface area contributed by atoms with E-state index in [1.54, 1.807) is 24.3 Å². The first-order chi connectivity index (χ1) is 15.9. The van der Waals surface area contributed by atoms with Crippen LogP contribution in [0.1, 0.15) is 24.4 Å². The molecule has 0 aliphatic carbocycles. The van der Waals surface area contributed by atoms with Crippen molar-refractivity contribution in [3.05, 3.63) is 76.8 Å². The van der Waals surface area contributed by atoms with E-state index >= 15 is 0 Å². The molecule has 2 aromatic carbocycles. The fraction of sp³-hybridized carbons (Fsp3) is 0.261. The number of amides is 1. The number of carbonyl (C=O) groups excluding carboxylic acids is 2. The maximum absolute atomic E-state index is 13.2. The summed E-state index contributed by atoms with van der Waals surface area (Å²) < 4.78 is 1.24. The van der Waals surface area contributed by atoms with Gasteiger partial charge in [-0.3, -0.25) is 30.6 Å². The van der Waals surface area contributed by atoms with Gasteiger partial charge in [-0.1, -0.05) is 42.5 Å². The predicted molar refractivity (Wildman–Crippen MR) is 121 cm³/mol. The zero-order chi connectivity index (χ0) is 23.8. The number of carboxylic acids is 1. The Kier molecular flexibility index (Phi) is 7.74. The molecule has 0 bridgehead atoms. The maximum Gasteiger partial charge on any atom is 0.338 e. The minimum atomic E-state index is -1.42. The van der Waals surface area contributed by atoms with Gasteiger partial charge >= 0.3 is 5.96 Å². The maximum atomic E-state index is 13.2. The molecule has 0 saturated carbocycles. The number of hydrogen-bond acceptors (Lipinski definition) is 5. The zero-order valence-corrected chi connectivity index (χ0v) is 17.9. The van der Waals surface area contributed by atoms with Gasteiger partial charge in [0.1, 0.15) is 6.04 Å². The number of rotatable bonds is 10. The van der Waals surface area contributed by atoms with Gasteiger partial charge in [0.25, 0.3) is 5.56 Å². The Morgan fingerprint density at radius 2 is 1.79 bits per heavy atom. The first kappa shape index (κ1) is 23.5. The SMILES string of the molecule is NC(N)=[NH+]CCC[C@H](NC(=O)[C@H](Cc1ccccc1)n1cnc2ccccc2c1=O)C(=O)[O-]. The molecule has 10 nitrogen and oxygen atoms in total. The topological polar surface area (TPSA) is 170 Å². The monoisotopic (exact) mass is 450 g/mol.